The zero-order chi connectivity index (χ0) is 11.1. The van der Waals surface area contributed by atoms with Crippen molar-refractivity contribution < 1.29 is 0 Å². The van der Waals surface area contributed by atoms with Gasteiger partial charge in [0, 0.05) is 30.5 Å². The SMILES string of the molecule is CNC(=S)NCCSCc1csc(Cl)n1. The van der Waals surface area contributed by atoms with Crippen LogP contribution < -0.4 is 10.6 Å². The normalized spacial score (nSPS) is 10.0. The van der Waals surface area contributed by atoms with E-state index in [2.05, 4.69) is 15.6 Å². The Labute approximate surface area is 108 Å². The monoisotopic (exact) mass is 281 g/mol. The van der Waals surface area contributed by atoms with E-state index < -0.39 is 0 Å². The Morgan fingerprint density at radius 3 is 3.13 bits per heavy atom. The van der Waals surface area contributed by atoms with Gasteiger partial charge in [0.25, 0.3) is 0 Å². The molecule has 0 spiro atoms. The number of nitrogens with one attached hydrogen (secondary N) is 2. The Morgan fingerprint density at radius 2 is 2.53 bits per heavy atom. The molecule has 1 aromatic rings. The highest BCUT2D eigenvalue weighted by Gasteiger charge is 1.99. The Balaban J connectivity index is 2.05. The molecule has 0 aliphatic carbocycles. The summed E-state index contributed by atoms with van der Waals surface area (Å²) < 4.78 is 0.611. The lowest BCUT2D eigenvalue weighted by molar-refractivity contribution is 0.942. The van der Waals surface area contributed by atoms with E-state index in [4.69, 9.17) is 23.8 Å². The van der Waals surface area contributed by atoms with Gasteiger partial charge in [0.2, 0.25) is 0 Å². The third-order valence-electron chi connectivity index (χ3n) is 1.53. The first-order chi connectivity index (χ1) is 7.22. The molecule has 0 aliphatic rings. The van der Waals surface area contributed by atoms with Gasteiger partial charge in [0.1, 0.15) is 0 Å². The van der Waals surface area contributed by atoms with Crippen molar-refractivity contribution in [3.63, 3.8) is 0 Å². The minimum absolute atomic E-state index is 0.611. The maximum atomic E-state index is 5.72. The number of halogens is 1. The van der Waals surface area contributed by atoms with Crippen molar-refractivity contribution in [2.75, 3.05) is 19.3 Å². The zero-order valence-electron chi connectivity index (χ0n) is 8.25. The molecule has 0 atom stereocenters. The molecular weight excluding hydrogens is 270 g/mol. The zero-order valence-corrected chi connectivity index (χ0v) is 11.5. The summed E-state index contributed by atoms with van der Waals surface area (Å²) in [5.41, 5.74) is 1.05. The second-order valence-corrected chi connectivity index (χ2v) is 5.60. The molecule has 2 N–H and O–H groups in total. The summed E-state index contributed by atoms with van der Waals surface area (Å²) in [4.78, 5) is 4.16. The topological polar surface area (TPSA) is 37.0 Å². The second-order valence-electron chi connectivity index (χ2n) is 2.65. The molecule has 0 aliphatic heterocycles. The molecule has 7 heteroatoms. The van der Waals surface area contributed by atoms with Crippen LogP contribution in [0.3, 0.4) is 0 Å². The fourth-order valence-corrected chi connectivity index (χ4v) is 2.59. The number of nitrogens with zero attached hydrogens (tertiary/aromatic N) is 1. The third-order valence-corrected chi connectivity index (χ3v) is 3.90. The Kier molecular flexibility index (Phi) is 6.31. The van der Waals surface area contributed by atoms with Crippen LogP contribution in [0.2, 0.25) is 4.47 Å². The van der Waals surface area contributed by atoms with Gasteiger partial charge in [-0.1, -0.05) is 11.6 Å². The molecule has 0 aromatic carbocycles. The largest absolute Gasteiger partial charge is 0.366 e. The van der Waals surface area contributed by atoms with E-state index in [-0.39, 0.29) is 0 Å². The van der Waals surface area contributed by atoms with Crippen LogP contribution in [0.4, 0.5) is 0 Å². The Hall–Kier alpha value is -0.0400. The van der Waals surface area contributed by atoms with Gasteiger partial charge in [-0.2, -0.15) is 11.8 Å². The molecule has 0 amide bonds. The van der Waals surface area contributed by atoms with Crippen LogP contribution in [0.5, 0.6) is 0 Å². The predicted molar refractivity (Wildman–Crippen MR) is 72.9 cm³/mol. The molecule has 1 aromatic heterocycles. The summed E-state index contributed by atoms with van der Waals surface area (Å²) in [6.45, 7) is 0.863. The molecule has 0 saturated carbocycles. The van der Waals surface area contributed by atoms with Gasteiger partial charge >= 0.3 is 0 Å². The van der Waals surface area contributed by atoms with E-state index in [9.17, 15) is 0 Å². The van der Waals surface area contributed by atoms with Gasteiger partial charge in [-0.25, -0.2) is 4.98 Å². The summed E-state index contributed by atoms with van der Waals surface area (Å²) >= 11 is 13.9. The molecule has 0 bridgehead atoms. The lowest BCUT2D eigenvalue weighted by Gasteiger charge is -2.05. The highest BCUT2D eigenvalue weighted by atomic mass is 35.5. The second kappa shape index (κ2) is 7.27. The molecule has 1 rings (SSSR count). The van der Waals surface area contributed by atoms with Gasteiger partial charge in [-0.3, -0.25) is 0 Å². The van der Waals surface area contributed by atoms with E-state index in [1.807, 2.05) is 17.1 Å². The first kappa shape index (κ1) is 13.0. The van der Waals surface area contributed by atoms with Crippen molar-refractivity contribution >= 4 is 52.0 Å². The minimum atomic E-state index is 0.611. The fourth-order valence-electron chi connectivity index (χ4n) is 0.850. The minimum Gasteiger partial charge on any atom is -0.366 e. The van der Waals surface area contributed by atoms with Crippen LogP contribution >= 0.6 is 46.9 Å². The molecular formula is C8H12ClN3S3. The number of thiocarbonyl (C=S) groups is 1. The molecule has 0 unspecified atom stereocenters. The average molecular weight is 282 g/mol. The van der Waals surface area contributed by atoms with Crippen molar-refractivity contribution in [1.82, 2.24) is 15.6 Å². The van der Waals surface area contributed by atoms with E-state index >= 15 is 0 Å². The third kappa shape index (κ3) is 5.55. The van der Waals surface area contributed by atoms with Gasteiger partial charge in [-0.15, -0.1) is 11.3 Å². The molecule has 0 saturated heterocycles. The number of aromatic nitrogens is 1. The Morgan fingerprint density at radius 1 is 1.73 bits per heavy atom. The van der Waals surface area contributed by atoms with Crippen molar-refractivity contribution in [2.24, 2.45) is 0 Å². The van der Waals surface area contributed by atoms with Crippen molar-refractivity contribution in [3.05, 3.63) is 15.5 Å². The molecule has 84 valence electrons. The summed E-state index contributed by atoms with van der Waals surface area (Å²) in [6.07, 6.45) is 0. The number of thiazole rings is 1. The Bertz CT molecular complexity index is 316. The molecule has 3 nitrogen and oxygen atoms in total. The predicted octanol–water partition coefficient (Wildman–Crippen LogP) is 2.12. The van der Waals surface area contributed by atoms with Gasteiger partial charge in [-0.05, 0) is 12.2 Å². The number of hydrogen-bond donors (Lipinski definition) is 2. The van der Waals surface area contributed by atoms with Gasteiger partial charge < -0.3 is 10.6 Å². The van der Waals surface area contributed by atoms with Crippen LogP contribution in [-0.2, 0) is 5.75 Å². The van der Waals surface area contributed by atoms with Crippen molar-refractivity contribution in [3.8, 4) is 0 Å². The van der Waals surface area contributed by atoms with Crippen LogP contribution in [-0.4, -0.2) is 29.4 Å². The lowest BCUT2D eigenvalue weighted by atomic mass is 10.6. The fraction of sp³-hybridized carbons (Fsp3) is 0.500. The smallest absolute Gasteiger partial charge is 0.183 e. The van der Waals surface area contributed by atoms with E-state index in [1.165, 1.54) is 11.3 Å². The van der Waals surface area contributed by atoms with Gasteiger partial charge in [0.05, 0.1) is 5.69 Å². The van der Waals surface area contributed by atoms with Crippen molar-refractivity contribution in [1.29, 1.82) is 0 Å². The molecule has 1 heterocycles. The molecule has 15 heavy (non-hydrogen) atoms. The number of thioether (sulfide) groups is 1. The summed E-state index contributed by atoms with van der Waals surface area (Å²) in [5, 5.41) is 8.61. The summed E-state index contributed by atoms with van der Waals surface area (Å²) in [5.74, 6) is 1.90. The maximum absolute atomic E-state index is 5.72. The summed E-state index contributed by atoms with van der Waals surface area (Å²) in [6, 6.07) is 0. The number of hydrogen-bond acceptors (Lipinski definition) is 4. The lowest BCUT2D eigenvalue weighted by Crippen LogP contribution is -2.33. The van der Waals surface area contributed by atoms with Crippen LogP contribution in [0.25, 0.3) is 0 Å². The summed E-state index contributed by atoms with van der Waals surface area (Å²) in [7, 11) is 1.81. The van der Waals surface area contributed by atoms with Crippen molar-refractivity contribution in [2.45, 2.75) is 5.75 Å². The van der Waals surface area contributed by atoms with E-state index in [0.717, 1.165) is 23.7 Å². The highest BCUT2D eigenvalue weighted by molar-refractivity contribution is 7.98. The first-order valence-corrected chi connectivity index (χ1v) is 7.17. The van der Waals surface area contributed by atoms with E-state index in [0.29, 0.717) is 9.58 Å². The number of rotatable bonds is 5. The van der Waals surface area contributed by atoms with Gasteiger partial charge in [0.15, 0.2) is 9.58 Å². The van der Waals surface area contributed by atoms with Crippen LogP contribution in [0, 0.1) is 0 Å². The highest BCUT2D eigenvalue weighted by Crippen LogP contribution is 2.18. The standard InChI is InChI=1S/C8H12ClN3S3/c1-10-8(13)11-2-3-14-4-6-5-15-7(9)12-6/h5H,2-4H2,1H3,(H2,10,11,13). The molecule has 0 radical (unpaired) electrons. The molecule has 0 fully saturated rings. The van der Waals surface area contributed by atoms with E-state index in [1.54, 1.807) is 7.05 Å². The quantitative estimate of drug-likeness (QED) is 0.639. The first-order valence-electron chi connectivity index (χ1n) is 4.35. The van der Waals surface area contributed by atoms with Crippen LogP contribution in [0.1, 0.15) is 5.69 Å². The maximum Gasteiger partial charge on any atom is 0.183 e. The average Bonchev–Trinajstić information content (AvgIpc) is 2.63. The van der Waals surface area contributed by atoms with Crippen LogP contribution in [0.15, 0.2) is 5.38 Å².